The molecule has 2 aromatic carbocycles. The van der Waals surface area contributed by atoms with E-state index < -0.39 is 0 Å². The third-order valence-electron chi connectivity index (χ3n) is 5.34. The van der Waals surface area contributed by atoms with Gasteiger partial charge in [-0.1, -0.05) is 35.9 Å². The van der Waals surface area contributed by atoms with E-state index >= 15 is 0 Å². The zero-order valence-corrected chi connectivity index (χ0v) is 16.3. The van der Waals surface area contributed by atoms with Gasteiger partial charge in [0.25, 0.3) is 0 Å². The Morgan fingerprint density at radius 3 is 2.52 bits per heavy atom. The number of piperazine rings is 1. The van der Waals surface area contributed by atoms with Crippen LogP contribution in [0.4, 0.5) is 0 Å². The molecule has 2 N–H and O–H groups in total. The number of aliphatic hydroxyl groups is 1. The molecule has 0 amide bonds. The van der Waals surface area contributed by atoms with Crippen molar-refractivity contribution in [3.63, 3.8) is 0 Å². The number of benzene rings is 2. The molecule has 0 radical (unpaired) electrons. The number of aryl methyl sites for hydroxylation is 1. The summed E-state index contributed by atoms with van der Waals surface area (Å²) >= 11 is 0. The van der Waals surface area contributed by atoms with E-state index in [4.69, 9.17) is 4.74 Å². The van der Waals surface area contributed by atoms with E-state index in [1.807, 2.05) is 12.1 Å². The number of phenolic OH excluding ortho intramolecular Hbond substituents is 1. The quantitative estimate of drug-likeness (QED) is 0.785. The van der Waals surface area contributed by atoms with Crippen LogP contribution in [0.1, 0.15) is 23.1 Å². The Kier molecular flexibility index (Phi) is 6.72. The van der Waals surface area contributed by atoms with Crippen LogP contribution in [0.25, 0.3) is 0 Å². The summed E-state index contributed by atoms with van der Waals surface area (Å²) in [7, 11) is 1.60. The van der Waals surface area contributed by atoms with E-state index in [1.165, 1.54) is 11.1 Å². The molecule has 0 spiro atoms. The number of rotatable bonds is 7. The largest absolute Gasteiger partial charge is 0.507 e. The number of aliphatic hydroxyl groups excluding tert-OH is 1. The number of hydrogen-bond acceptors (Lipinski definition) is 5. The van der Waals surface area contributed by atoms with Gasteiger partial charge in [0, 0.05) is 57.0 Å². The molecule has 0 bridgehead atoms. The molecular formula is C22H30N2O3. The Labute approximate surface area is 161 Å². The number of methoxy groups -OCH3 is 1. The standard InChI is InChI=1S/C22H30N2O3/c1-17-3-5-18(6-4-17)14-24-11-10-23(16-20(24)9-12-25)15-19-7-8-21(27-2)13-22(19)26/h3-8,13,20,25-26H,9-12,14-16H2,1-2H3/t20-/m0/s1. The molecule has 5 heteroatoms. The summed E-state index contributed by atoms with van der Waals surface area (Å²) in [5.41, 5.74) is 3.49. The lowest BCUT2D eigenvalue weighted by molar-refractivity contribution is 0.0496. The van der Waals surface area contributed by atoms with E-state index in [0.717, 1.165) is 38.2 Å². The minimum absolute atomic E-state index is 0.191. The third-order valence-corrected chi connectivity index (χ3v) is 5.34. The number of nitrogens with zero attached hydrogens (tertiary/aromatic N) is 2. The predicted molar refractivity (Wildman–Crippen MR) is 107 cm³/mol. The zero-order valence-electron chi connectivity index (χ0n) is 16.3. The Morgan fingerprint density at radius 1 is 1.07 bits per heavy atom. The summed E-state index contributed by atoms with van der Waals surface area (Å²) in [5, 5.41) is 19.8. The van der Waals surface area contributed by atoms with Crippen LogP contribution in [0.2, 0.25) is 0 Å². The molecule has 3 rings (SSSR count). The smallest absolute Gasteiger partial charge is 0.123 e. The van der Waals surface area contributed by atoms with Crippen molar-refractivity contribution in [2.75, 3.05) is 33.4 Å². The number of ether oxygens (including phenoxy) is 1. The van der Waals surface area contributed by atoms with E-state index in [9.17, 15) is 10.2 Å². The van der Waals surface area contributed by atoms with Gasteiger partial charge < -0.3 is 14.9 Å². The molecule has 0 saturated carbocycles. The molecule has 2 aromatic rings. The number of hydrogen-bond donors (Lipinski definition) is 2. The summed E-state index contributed by atoms with van der Waals surface area (Å²) in [5.74, 6) is 0.937. The van der Waals surface area contributed by atoms with E-state index in [1.54, 1.807) is 13.2 Å². The van der Waals surface area contributed by atoms with Crippen molar-refractivity contribution in [3.05, 3.63) is 59.2 Å². The number of phenols is 1. The molecule has 1 fully saturated rings. The van der Waals surface area contributed by atoms with Crippen LogP contribution in [-0.2, 0) is 13.1 Å². The van der Waals surface area contributed by atoms with Gasteiger partial charge in [0.15, 0.2) is 0 Å². The molecule has 1 aliphatic rings. The van der Waals surface area contributed by atoms with Gasteiger partial charge in [0.2, 0.25) is 0 Å². The molecule has 27 heavy (non-hydrogen) atoms. The van der Waals surface area contributed by atoms with Gasteiger partial charge >= 0.3 is 0 Å². The fourth-order valence-electron chi connectivity index (χ4n) is 3.71. The van der Waals surface area contributed by atoms with Crippen molar-refractivity contribution in [1.29, 1.82) is 0 Å². The fraction of sp³-hybridized carbons (Fsp3) is 0.455. The monoisotopic (exact) mass is 370 g/mol. The molecule has 0 aliphatic carbocycles. The van der Waals surface area contributed by atoms with Crippen LogP contribution in [0, 0.1) is 6.92 Å². The van der Waals surface area contributed by atoms with Crippen molar-refractivity contribution < 1.29 is 14.9 Å². The summed E-state index contributed by atoms with van der Waals surface area (Å²) in [6, 6.07) is 14.5. The molecule has 5 nitrogen and oxygen atoms in total. The highest BCUT2D eigenvalue weighted by Crippen LogP contribution is 2.26. The maximum absolute atomic E-state index is 10.2. The van der Waals surface area contributed by atoms with Crippen molar-refractivity contribution in [2.45, 2.75) is 32.5 Å². The topological polar surface area (TPSA) is 56.2 Å². The first-order chi connectivity index (χ1) is 13.1. The summed E-state index contributed by atoms with van der Waals surface area (Å²) in [4.78, 5) is 4.82. The summed E-state index contributed by atoms with van der Waals surface area (Å²) in [6.45, 7) is 6.69. The summed E-state index contributed by atoms with van der Waals surface area (Å²) < 4.78 is 5.16. The second kappa shape index (κ2) is 9.22. The number of aromatic hydroxyl groups is 1. The highest BCUT2D eigenvalue weighted by molar-refractivity contribution is 5.39. The molecule has 1 aliphatic heterocycles. The van der Waals surface area contributed by atoms with E-state index in [0.29, 0.717) is 18.3 Å². The third kappa shape index (κ3) is 5.22. The first-order valence-corrected chi connectivity index (χ1v) is 9.57. The first kappa shape index (κ1) is 19.7. The minimum atomic E-state index is 0.191. The molecular weight excluding hydrogens is 340 g/mol. The maximum Gasteiger partial charge on any atom is 0.123 e. The summed E-state index contributed by atoms with van der Waals surface area (Å²) in [6.07, 6.45) is 0.761. The second-order valence-electron chi connectivity index (χ2n) is 7.35. The SMILES string of the molecule is COc1ccc(CN2CCN(Cc3ccc(C)cc3)[C@@H](CCO)C2)c(O)c1. The van der Waals surface area contributed by atoms with E-state index in [2.05, 4.69) is 41.0 Å². The average Bonchev–Trinajstić information content (AvgIpc) is 2.67. The zero-order chi connectivity index (χ0) is 19.2. The highest BCUT2D eigenvalue weighted by Gasteiger charge is 2.27. The average molecular weight is 370 g/mol. The fourth-order valence-corrected chi connectivity index (χ4v) is 3.71. The van der Waals surface area contributed by atoms with E-state index in [-0.39, 0.29) is 12.4 Å². The van der Waals surface area contributed by atoms with Crippen LogP contribution in [0.15, 0.2) is 42.5 Å². The molecule has 1 heterocycles. The molecule has 1 saturated heterocycles. The van der Waals surface area contributed by atoms with Crippen LogP contribution < -0.4 is 4.74 Å². The normalized spacial score (nSPS) is 18.6. The first-order valence-electron chi connectivity index (χ1n) is 9.57. The van der Waals surface area contributed by atoms with Crippen LogP contribution in [0.3, 0.4) is 0 Å². The maximum atomic E-state index is 10.2. The van der Waals surface area contributed by atoms with Gasteiger partial charge in [-0.05, 0) is 25.0 Å². The van der Waals surface area contributed by atoms with Gasteiger partial charge in [-0.25, -0.2) is 0 Å². The van der Waals surface area contributed by atoms with Crippen LogP contribution in [0.5, 0.6) is 11.5 Å². The Morgan fingerprint density at radius 2 is 1.85 bits per heavy atom. The van der Waals surface area contributed by atoms with Crippen molar-refractivity contribution >= 4 is 0 Å². The Bertz CT molecular complexity index is 733. The van der Waals surface area contributed by atoms with Crippen molar-refractivity contribution in [3.8, 4) is 11.5 Å². The molecule has 1 atom stereocenters. The lowest BCUT2D eigenvalue weighted by Gasteiger charge is -2.41. The lowest BCUT2D eigenvalue weighted by Crippen LogP contribution is -2.52. The van der Waals surface area contributed by atoms with Gasteiger partial charge in [-0.3, -0.25) is 9.80 Å². The Hall–Kier alpha value is -2.08. The molecule has 0 aromatic heterocycles. The van der Waals surface area contributed by atoms with Crippen LogP contribution >= 0.6 is 0 Å². The van der Waals surface area contributed by atoms with Gasteiger partial charge in [0.05, 0.1) is 7.11 Å². The van der Waals surface area contributed by atoms with Crippen molar-refractivity contribution in [2.24, 2.45) is 0 Å². The molecule has 146 valence electrons. The van der Waals surface area contributed by atoms with Gasteiger partial charge in [0.1, 0.15) is 11.5 Å². The molecule has 0 unspecified atom stereocenters. The van der Waals surface area contributed by atoms with Gasteiger partial charge in [-0.15, -0.1) is 0 Å². The van der Waals surface area contributed by atoms with Gasteiger partial charge in [-0.2, -0.15) is 0 Å². The predicted octanol–water partition coefficient (Wildman–Crippen LogP) is 2.78. The highest BCUT2D eigenvalue weighted by atomic mass is 16.5. The lowest BCUT2D eigenvalue weighted by atomic mass is 10.1. The van der Waals surface area contributed by atoms with Crippen molar-refractivity contribution in [1.82, 2.24) is 9.80 Å². The Balaban J connectivity index is 1.63. The minimum Gasteiger partial charge on any atom is -0.507 e. The second-order valence-corrected chi connectivity index (χ2v) is 7.35. The van der Waals surface area contributed by atoms with Crippen LogP contribution in [-0.4, -0.2) is 59.4 Å².